The van der Waals surface area contributed by atoms with Gasteiger partial charge in [0.05, 0.1) is 36.1 Å². The first-order chi connectivity index (χ1) is 9.86. The summed E-state index contributed by atoms with van der Waals surface area (Å²) in [6.45, 7) is 8.85. The van der Waals surface area contributed by atoms with Crippen molar-refractivity contribution in [2.45, 2.75) is 45.3 Å². The maximum atomic E-state index is 6.43. The Kier molecular flexibility index (Phi) is 7.13. The van der Waals surface area contributed by atoms with Gasteiger partial charge in [-0.3, -0.25) is 4.68 Å². The molecule has 1 heterocycles. The average Bonchev–Trinajstić information content (AvgIpc) is 2.78. The predicted octanol–water partition coefficient (Wildman–Crippen LogP) is 2.56. The smallest absolute Gasteiger partial charge is 0.0834 e. The van der Waals surface area contributed by atoms with E-state index in [-0.39, 0.29) is 11.6 Å². The summed E-state index contributed by atoms with van der Waals surface area (Å²) >= 11 is 6.43. The summed E-state index contributed by atoms with van der Waals surface area (Å²) in [6.07, 6.45) is 2.79. The number of nitrogens with one attached hydrogen (secondary N) is 1. The van der Waals surface area contributed by atoms with Crippen LogP contribution in [-0.2, 0) is 11.3 Å². The van der Waals surface area contributed by atoms with E-state index in [9.17, 15) is 0 Å². The first kappa shape index (κ1) is 18.4. The van der Waals surface area contributed by atoms with Crippen LogP contribution >= 0.6 is 11.6 Å². The number of hydrogen-bond acceptors (Lipinski definition) is 4. The molecule has 0 radical (unpaired) electrons. The van der Waals surface area contributed by atoms with E-state index in [0.29, 0.717) is 18.2 Å². The van der Waals surface area contributed by atoms with Crippen molar-refractivity contribution in [3.8, 4) is 0 Å². The lowest BCUT2D eigenvalue weighted by atomic mass is 9.90. The maximum Gasteiger partial charge on any atom is 0.0834 e. The van der Waals surface area contributed by atoms with Crippen LogP contribution in [-0.4, -0.2) is 54.6 Å². The molecule has 0 aliphatic rings. The Hall–Kier alpha value is -0.620. The number of ether oxygens (including phenoxy) is 1. The molecular formula is C15H29ClN4O. The predicted molar refractivity (Wildman–Crippen MR) is 87.9 cm³/mol. The second-order valence-corrected chi connectivity index (χ2v) is 6.44. The molecular weight excluding hydrogens is 288 g/mol. The van der Waals surface area contributed by atoms with Crippen molar-refractivity contribution in [2.75, 3.05) is 34.4 Å². The Morgan fingerprint density at radius 3 is 2.67 bits per heavy atom. The summed E-state index contributed by atoms with van der Waals surface area (Å²) < 4.78 is 7.12. The summed E-state index contributed by atoms with van der Waals surface area (Å²) in [7, 11) is 5.87. The molecule has 1 unspecified atom stereocenters. The summed E-state index contributed by atoms with van der Waals surface area (Å²) in [6, 6.07) is 0.0966. The van der Waals surface area contributed by atoms with Gasteiger partial charge in [-0.15, -0.1) is 0 Å². The van der Waals surface area contributed by atoms with Gasteiger partial charge in [0.1, 0.15) is 0 Å². The van der Waals surface area contributed by atoms with E-state index in [2.05, 4.69) is 50.2 Å². The average molecular weight is 317 g/mol. The number of hydrogen-bond donors (Lipinski definition) is 1. The van der Waals surface area contributed by atoms with E-state index in [1.54, 1.807) is 13.3 Å². The summed E-state index contributed by atoms with van der Waals surface area (Å²) in [5.41, 5.74) is 0.935. The lowest BCUT2D eigenvalue weighted by molar-refractivity contribution is 0.129. The van der Waals surface area contributed by atoms with Crippen molar-refractivity contribution in [1.82, 2.24) is 20.0 Å². The van der Waals surface area contributed by atoms with E-state index in [4.69, 9.17) is 16.3 Å². The van der Waals surface area contributed by atoms with Gasteiger partial charge in [-0.1, -0.05) is 18.5 Å². The van der Waals surface area contributed by atoms with Gasteiger partial charge in [-0.25, -0.2) is 0 Å². The van der Waals surface area contributed by atoms with Gasteiger partial charge in [-0.2, -0.15) is 5.10 Å². The molecule has 0 bridgehead atoms. The van der Waals surface area contributed by atoms with E-state index in [1.807, 2.05) is 4.68 Å². The van der Waals surface area contributed by atoms with Crippen LogP contribution in [0.3, 0.4) is 0 Å². The zero-order valence-electron chi connectivity index (χ0n) is 14.1. The minimum absolute atomic E-state index is 0.0936. The normalized spacial score (nSPS) is 13.9. The van der Waals surface area contributed by atoms with Crippen LogP contribution in [0.5, 0.6) is 0 Å². The highest BCUT2D eigenvalue weighted by Gasteiger charge is 2.36. The number of halogens is 1. The third-order valence-electron chi connectivity index (χ3n) is 4.07. The quantitative estimate of drug-likeness (QED) is 0.760. The summed E-state index contributed by atoms with van der Waals surface area (Å²) in [5.74, 6) is 0. The van der Waals surface area contributed by atoms with Crippen LogP contribution < -0.4 is 5.32 Å². The number of aromatic nitrogens is 2. The van der Waals surface area contributed by atoms with Gasteiger partial charge in [0.25, 0.3) is 0 Å². The maximum absolute atomic E-state index is 6.43. The molecule has 1 atom stereocenters. The SMILES string of the molecule is CCCNC(c1c(Cl)cnn1CCOC)C(C)(C)N(C)C. The van der Waals surface area contributed by atoms with Gasteiger partial charge in [0, 0.05) is 12.6 Å². The van der Waals surface area contributed by atoms with E-state index in [0.717, 1.165) is 18.7 Å². The molecule has 6 heteroatoms. The molecule has 0 amide bonds. The molecule has 0 aliphatic heterocycles. The Balaban J connectivity index is 3.16. The molecule has 1 aromatic rings. The first-order valence-electron chi connectivity index (χ1n) is 7.47. The number of rotatable bonds is 9. The van der Waals surface area contributed by atoms with Gasteiger partial charge in [0.15, 0.2) is 0 Å². The molecule has 0 spiro atoms. The number of nitrogens with zero attached hydrogens (tertiary/aromatic N) is 3. The highest BCUT2D eigenvalue weighted by molar-refractivity contribution is 6.31. The lowest BCUT2D eigenvalue weighted by Gasteiger charge is -2.41. The number of methoxy groups -OCH3 is 1. The van der Waals surface area contributed by atoms with Crippen LogP contribution in [0.1, 0.15) is 38.9 Å². The molecule has 0 saturated heterocycles. The van der Waals surface area contributed by atoms with Crippen LogP contribution in [0.25, 0.3) is 0 Å². The molecule has 0 aliphatic carbocycles. The van der Waals surface area contributed by atoms with Gasteiger partial charge in [-0.05, 0) is 40.9 Å². The fourth-order valence-electron chi connectivity index (χ4n) is 2.24. The van der Waals surface area contributed by atoms with Crippen LogP contribution in [0.4, 0.5) is 0 Å². The van der Waals surface area contributed by atoms with Gasteiger partial charge in [0.2, 0.25) is 0 Å². The zero-order valence-corrected chi connectivity index (χ0v) is 14.9. The minimum Gasteiger partial charge on any atom is -0.383 e. The molecule has 21 heavy (non-hydrogen) atoms. The third-order valence-corrected chi connectivity index (χ3v) is 4.36. The molecule has 5 nitrogen and oxygen atoms in total. The van der Waals surface area contributed by atoms with Crippen molar-refractivity contribution >= 4 is 11.6 Å². The second kappa shape index (κ2) is 8.13. The molecule has 1 rings (SSSR count). The molecule has 1 N–H and O–H groups in total. The van der Waals surface area contributed by atoms with Gasteiger partial charge < -0.3 is 15.0 Å². The summed E-state index contributed by atoms with van der Waals surface area (Å²) in [5, 5.41) is 8.73. The highest BCUT2D eigenvalue weighted by Crippen LogP contribution is 2.33. The number of likely N-dealkylation sites (N-methyl/N-ethyl adjacent to an activating group) is 1. The Morgan fingerprint density at radius 1 is 1.48 bits per heavy atom. The summed E-state index contributed by atoms with van der Waals surface area (Å²) in [4.78, 5) is 2.21. The standard InChI is InChI=1S/C15H29ClN4O/c1-7-8-17-14(15(2,3)19(4)5)13-12(16)11-18-20(13)9-10-21-6/h11,14,17H,7-10H2,1-6H3. The molecule has 1 aromatic heterocycles. The van der Waals surface area contributed by atoms with Crippen molar-refractivity contribution in [2.24, 2.45) is 0 Å². The molecule has 122 valence electrons. The fourth-order valence-corrected chi connectivity index (χ4v) is 2.49. The van der Waals surface area contributed by atoms with E-state index < -0.39 is 0 Å². The van der Waals surface area contributed by atoms with Crippen molar-refractivity contribution in [1.29, 1.82) is 0 Å². The largest absolute Gasteiger partial charge is 0.383 e. The first-order valence-corrected chi connectivity index (χ1v) is 7.85. The van der Waals surface area contributed by atoms with Crippen molar-refractivity contribution < 1.29 is 4.74 Å². The monoisotopic (exact) mass is 316 g/mol. The minimum atomic E-state index is -0.0936. The zero-order chi connectivity index (χ0) is 16.0. The van der Waals surface area contributed by atoms with E-state index in [1.165, 1.54) is 0 Å². The van der Waals surface area contributed by atoms with Crippen LogP contribution in [0.2, 0.25) is 5.02 Å². The van der Waals surface area contributed by atoms with Crippen molar-refractivity contribution in [3.63, 3.8) is 0 Å². The Bertz CT molecular complexity index is 431. The Labute approximate surface area is 133 Å². The lowest BCUT2D eigenvalue weighted by Crippen LogP contribution is -2.50. The van der Waals surface area contributed by atoms with Crippen LogP contribution in [0.15, 0.2) is 6.20 Å². The topological polar surface area (TPSA) is 42.3 Å². The van der Waals surface area contributed by atoms with Gasteiger partial charge >= 0.3 is 0 Å². The third kappa shape index (κ3) is 4.42. The Morgan fingerprint density at radius 2 is 2.14 bits per heavy atom. The van der Waals surface area contributed by atoms with Crippen LogP contribution in [0, 0.1) is 0 Å². The van der Waals surface area contributed by atoms with Crippen molar-refractivity contribution in [3.05, 3.63) is 16.9 Å². The second-order valence-electron chi connectivity index (χ2n) is 6.03. The fraction of sp³-hybridized carbons (Fsp3) is 0.800. The van der Waals surface area contributed by atoms with E-state index >= 15 is 0 Å². The highest BCUT2D eigenvalue weighted by atomic mass is 35.5. The molecule has 0 saturated carbocycles. The molecule has 0 aromatic carbocycles. The molecule has 0 fully saturated rings.